The topological polar surface area (TPSA) is 50.9 Å². The van der Waals surface area contributed by atoms with E-state index in [-0.39, 0.29) is 17.9 Å². The number of anilines is 1. The number of hydrogen-bond donors (Lipinski definition) is 2. The first-order valence-corrected chi connectivity index (χ1v) is 6.29. The largest absolute Gasteiger partial charge is 0.363 e. The molecule has 1 aromatic heterocycles. The van der Waals surface area contributed by atoms with Crippen LogP contribution >= 0.6 is 15.9 Å². The van der Waals surface area contributed by atoms with Crippen LogP contribution in [0.4, 0.5) is 10.2 Å². The van der Waals surface area contributed by atoms with Gasteiger partial charge in [0.2, 0.25) is 0 Å². The summed E-state index contributed by atoms with van der Waals surface area (Å²) in [6.45, 7) is 0. The lowest BCUT2D eigenvalue weighted by Gasteiger charge is -2.29. The Balaban J connectivity index is 2.07. The van der Waals surface area contributed by atoms with Gasteiger partial charge in [-0.25, -0.2) is 9.37 Å². The van der Waals surface area contributed by atoms with E-state index in [1.807, 2.05) is 0 Å². The molecule has 0 spiro atoms. The lowest BCUT2D eigenvalue weighted by Crippen LogP contribution is -2.42. The fourth-order valence-electron chi connectivity index (χ4n) is 2.04. The first-order valence-electron chi connectivity index (χ1n) is 5.50. The van der Waals surface area contributed by atoms with E-state index in [0.29, 0.717) is 10.3 Å². The fourth-order valence-corrected chi connectivity index (χ4v) is 2.34. The van der Waals surface area contributed by atoms with E-state index in [9.17, 15) is 4.39 Å². The highest BCUT2D eigenvalue weighted by Crippen LogP contribution is 2.22. The summed E-state index contributed by atoms with van der Waals surface area (Å²) in [5.74, 6) is -0.0438. The Labute approximate surface area is 103 Å². The number of nitrogens with one attached hydrogen (secondary N) is 1. The molecule has 0 aliphatic heterocycles. The zero-order chi connectivity index (χ0) is 11.5. The average Bonchev–Trinajstić information content (AvgIpc) is 2.25. The molecule has 3 nitrogen and oxygen atoms in total. The number of nitrogens with two attached hydrogens (primary N) is 1. The molecule has 0 saturated heterocycles. The second kappa shape index (κ2) is 5.10. The molecule has 2 atom stereocenters. The van der Waals surface area contributed by atoms with E-state index in [1.165, 1.54) is 6.07 Å². The molecule has 88 valence electrons. The molecule has 0 radical (unpaired) electrons. The van der Waals surface area contributed by atoms with Gasteiger partial charge in [-0.2, -0.15) is 0 Å². The van der Waals surface area contributed by atoms with Gasteiger partial charge in [-0.3, -0.25) is 0 Å². The first kappa shape index (κ1) is 11.8. The summed E-state index contributed by atoms with van der Waals surface area (Å²) in [5, 5.41) is 3.09. The molecule has 1 aliphatic rings. The van der Waals surface area contributed by atoms with Gasteiger partial charge in [-0.05, 0) is 34.8 Å². The van der Waals surface area contributed by atoms with E-state index in [1.54, 1.807) is 6.20 Å². The Kier molecular flexibility index (Phi) is 3.76. The van der Waals surface area contributed by atoms with Gasteiger partial charge in [-0.1, -0.05) is 12.8 Å². The zero-order valence-corrected chi connectivity index (χ0v) is 10.5. The molecule has 2 rings (SSSR count). The minimum atomic E-state index is -0.341. The van der Waals surface area contributed by atoms with Crippen LogP contribution in [0.2, 0.25) is 0 Å². The number of halogens is 2. The molecule has 3 N–H and O–H groups in total. The van der Waals surface area contributed by atoms with E-state index in [0.717, 1.165) is 25.7 Å². The van der Waals surface area contributed by atoms with Crippen LogP contribution in [0.15, 0.2) is 16.7 Å². The van der Waals surface area contributed by atoms with Gasteiger partial charge in [0, 0.05) is 22.8 Å². The lowest BCUT2D eigenvalue weighted by molar-refractivity contribution is 0.402. The van der Waals surface area contributed by atoms with Crippen LogP contribution < -0.4 is 11.1 Å². The zero-order valence-electron chi connectivity index (χ0n) is 8.92. The predicted octanol–water partition coefficient (Wildman–Crippen LogP) is 2.67. The van der Waals surface area contributed by atoms with Crippen LogP contribution in [0.3, 0.4) is 0 Å². The standard InChI is InChI=1S/C11H15BrFN3/c12-7-5-8(13)11(15-6-7)16-10-4-2-1-3-9(10)14/h5-6,9-10H,1-4,14H2,(H,15,16). The maximum atomic E-state index is 13.5. The van der Waals surface area contributed by atoms with E-state index in [4.69, 9.17) is 5.73 Å². The Morgan fingerprint density at radius 3 is 2.88 bits per heavy atom. The van der Waals surface area contributed by atoms with Crippen molar-refractivity contribution in [2.75, 3.05) is 5.32 Å². The number of aromatic nitrogens is 1. The van der Waals surface area contributed by atoms with Crippen molar-refractivity contribution in [3.8, 4) is 0 Å². The van der Waals surface area contributed by atoms with Gasteiger partial charge in [0.1, 0.15) is 0 Å². The molecule has 5 heteroatoms. The third-order valence-electron chi connectivity index (χ3n) is 2.95. The molecule has 1 aromatic rings. The fraction of sp³-hybridized carbons (Fsp3) is 0.545. The quantitative estimate of drug-likeness (QED) is 0.879. The molecule has 1 heterocycles. The maximum Gasteiger partial charge on any atom is 0.166 e. The van der Waals surface area contributed by atoms with Crippen LogP contribution in [0.5, 0.6) is 0 Å². The molecule has 0 amide bonds. The number of hydrogen-bond acceptors (Lipinski definition) is 3. The van der Waals surface area contributed by atoms with Crippen molar-refractivity contribution in [2.45, 2.75) is 37.8 Å². The summed E-state index contributed by atoms with van der Waals surface area (Å²) in [5.41, 5.74) is 5.98. The highest BCUT2D eigenvalue weighted by molar-refractivity contribution is 9.10. The Morgan fingerprint density at radius 2 is 2.19 bits per heavy atom. The van der Waals surface area contributed by atoms with E-state index in [2.05, 4.69) is 26.2 Å². The minimum Gasteiger partial charge on any atom is -0.363 e. The smallest absolute Gasteiger partial charge is 0.166 e. The third-order valence-corrected chi connectivity index (χ3v) is 3.38. The molecular formula is C11H15BrFN3. The van der Waals surface area contributed by atoms with Crippen molar-refractivity contribution in [1.82, 2.24) is 4.98 Å². The second-order valence-corrected chi connectivity index (χ2v) is 5.10. The monoisotopic (exact) mass is 287 g/mol. The maximum absolute atomic E-state index is 13.5. The minimum absolute atomic E-state index is 0.0959. The van der Waals surface area contributed by atoms with Crippen molar-refractivity contribution < 1.29 is 4.39 Å². The van der Waals surface area contributed by atoms with E-state index >= 15 is 0 Å². The highest BCUT2D eigenvalue weighted by Gasteiger charge is 2.22. The van der Waals surface area contributed by atoms with E-state index < -0.39 is 0 Å². The second-order valence-electron chi connectivity index (χ2n) is 4.18. The molecule has 16 heavy (non-hydrogen) atoms. The van der Waals surface area contributed by atoms with Crippen molar-refractivity contribution >= 4 is 21.7 Å². The molecule has 0 aromatic carbocycles. The Hall–Kier alpha value is -0.680. The van der Waals surface area contributed by atoms with Crippen molar-refractivity contribution in [3.63, 3.8) is 0 Å². The Morgan fingerprint density at radius 1 is 1.44 bits per heavy atom. The normalized spacial score (nSPS) is 25.4. The Bertz CT molecular complexity index is 372. The summed E-state index contributed by atoms with van der Waals surface area (Å²) in [6.07, 6.45) is 5.87. The van der Waals surface area contributed by atoms with Crippen LogP contribution in [0.25, 0.3) is 0 Å². The molecule has 2 unspecified atom stereocenters. The molecule has 1 aliphatic carbocycles. The SMILES string of the molecule is NC1CCCCC1Nc1ncc(Br)cc1F. The summed E-state index contributed by atoms with van der Waals surface area (Å²) in [6, 6.07) is 1.64. The molecule has 0 bridgehead atoms. The van der Waals surface area contributed by atoms with Gasteiger partial charge in [0.25, 0.3) is 0 Å². The number of nitrogens with zero attached hydrogens (tertiary/aromatic N) is 1. The molecule has 1 fully saturated rings. The predicted molar refractivity (Wildman–Crippen MR) is 65.7 cm³/mol. The van der Waals surface area contributed by atoms with Crippen LogP contribution in [-0.4, -0.2) is 17.1 Å². The number of pyridine rings is 1. The lowest BCUT2D eigenvalue weighted by atomic mass is 9.91. The highest BCUT2D eigenvalue weighted by atomic mass is 79.9. The van der Waals surface area contributed by atoms with Gasteiger partial charge < -0.3 is 11.1 Å². The van der Waals surface area contributed by atoms with Crippen molar-refractivity contribution in [2.24, 2.45) is 5.73 Å². The van der Waals surface area contributed by atoms with Gasteiger partial charge in [0.15, 0.2) is 11.6 Å². The summed E-state index contributed by atoms with van der Waals surface area (Å²) >= 11 is 3.18. The number of rotatable bonds is 2. The molecular weight excluding hydrogens is 273 g/mol. The first-order chi connectivity index (χ1) is 7.66. The van der Waals surface area contributed by atoms with Gasteiger partial charge in [0.05, 0.1) is 0 Å². The van der Waals surface area contributed by atoms with Crippen molar-refractivity contribution in [3.05, 3.63) is 22.6 Å². The summed E-state index contributed by atoms with van der Waals surface area (Å²) < 4.78 is 14.2. The van der Waals surface area contributed by atoms with Crippen LogP contribution in [0.1, 0.15) is 25.7 Å². The van der Waals surface area contributed by atoms with Gasteiger partial charge >= 0.3 is 0 Å². The van der Waals surface area contributed by atoms with Crippen LogP contribution in [0, 0.1) is 5.82 Å². The van der Waals surface area contributed by atoms with Crippen LogP contribution in [-0.2, 0) is 0 Å². The average molecular weight is 288 g/mol. The van der Waals surface area contributed by atoms with Crippen molar-refractivity contribution in [1.29, 1.82) is 0 Å². The molecule has 1 saturated carbocycles. The van der Waals surface area contributed by atoms with Gasteiger partial charge in [-0.15, -0.1) is 0 Å². The summed E-state index contributed by atoms with van der Waals surface area (Å²) in [7, 11) is 0. The third kappa shape index (κ3) is 2.71. The summed E-state index contributed by atoms with van der Waals surface area (Å²) in [4.78, 5) is 4.02.